The first-order valence-corrected chi connectivity index (χ1v) is 16.5. The quantitative estimate of drug-likeness (QED) is 0.194. The van der Waals surface area contributed by atoms with E-state index in [1.54, 1.807) is 12.4 Å². The van der Waals surface area contributed by atoms with Gasteiger partial charge in [-0.05, 0) is 52.0 Å². The lowest BCUT2D eigenvalue weighted by atomic mass is 9.86. The van der Waals surface area contributed by atoms with Gasteiger partial charge in [-0.15, -0.1) is 0 Å². The molecule has 2 heterocycles. The molecule has 0 radical (unpaired) electrons. The lowest BCUT2D eigenvalue weighted by Gasteiger charge is -2.44. The molecule has 0 fully saturated rings. The molecule has 5 aromatic rings. The van der Waals surface area contributed by atoms with Crippen LogP contribution in [0.15, 0.2) is 116 Å². The summed E-state index contributed by atoms with van der Waals surface area (Å²) in [5, 5.41) is 5.93. The van der Waals surface area contributed by atoms with Crippen LogP contribution in [0.25, 0.3) is 11.3 Å². The predicted octanol–water partition coefficient (Wildman–Crippen LogP) is 7.14. The van der Waals surface area contributed by atoms with Gasteiger partial charge in [0.05, 0.1) is 16.9 Å². The van der Waals surface area contributed by atoms with E-state index < -0.39 is 8.32 Å². The summed E-state index contributed by atoms with van der Waals surface area (Å²) >= 11 is 0. The van der Waals surface area contributed by atoms with E-state index in [0.29, 0.717) is 13.0 Å². The van der Waals surface area contributed by atoms with E-state index in [4.69, 9.17) is 4.43 Å². The molecule has 0 saturated heterocycles. The van der Waals surface area contributed by atoms with Crippen LogP contribution < -0.4 is 15.7 Å². The van der Waals surface area contributed by atoms with Crippen LogP contribution in [0.5, 0.6) is 0 Å². The van der Waals surface area contributed by atoms with Crippen LogP contribution in [0.3, 0.4) is 0 Å². The Morgan fingerprint density at radius 3 is 1.98 bits per heavy atom. The molecule has 1 aliphatic carbocycles. The molecule has 42 heavy (non-hydrogen) atoms. The van der Waals surface area contributed by atoms with E-state index in [9.17, 15) is 4.79 Å². The number of nitrogens with one attached hydrogen (secondary N) is 2. The Morgan fingerprint density at radius 2 is 1.40 bits per heavy atom. The van der Waals surface area contributed by atoms with Gasteiger partial charge in [-0.3, -0.25) is 9.78 Å². The molecule has 5 nitrogen and oxygen atoms in total. The van der Waals surface area contributed by atoms with Crippen molar-refractivity contribution in [3.8, 4) is 11.3 Å². The SMILES string of the molecule is CC(C)(C)[Si](OCC1CC(=O)c2c([nH]c(-c3ccncc3)c2Nc2ccccc2)C1)(c1ccccc1)c1ccccc1. The van der Waals surface area contributed by atoms with Crippen LogP contribution in [-0.4, -0.2) is 30.7 Å². The minimum atomic E-state index is -2.70. The summed E-state index contributed by atoms with van der Waals surface area (Å²) in [7, 11) is -2.70. The van der Waals surface area contributed by atoms with Crippen molar-refractivity contribution in [2.75, 3.05) is 11.9 Å². The monoisotopic (exact) mass is 571 g/mol. The lowest BCUT2D eigenvalue weighted by Crippen LogP contribution is -2.67. The number of nitrogens with zero attached hydrogens (tertiary/aromatic N) is 1. The topological polar surface area (TPSA) is 67.0 Å². The zero-order chi connectivity index (χ0) is 29.2. The van der Waals surface area contributed by atoms with Crippen molar-refractivity contribution in [3.05, 3.63) is 127 Å². The highest BCUT2D eigenvalue weighted by Crippen LogP contribution is 2.41. The molecule has 2 aromatic heterocycles. The number of hydrogen-bond donors (Lipinski definition) is 2. The average molecular weight is 572 g/mol. The number of benzene rings is 3. The fraction of sp³-hybridized carbons (Fsp3) is 0.222. The van der Waals surface area contributed by atoms with Crippen molar-refractivity contribution in [2.24, 2.45) is 5.92 Å². The Morgan fingerprint density at radius 1 is 0.833 bits per heavy atom. The maximum atomic E-state index is 13.9. The molecule has 1 aliphatic rings. The fourth-order valence-corrected chi connectivity index (χ4v) is 11.0. The Hall–Kier alpha value is -4.26. The van der Waals surface area contributed by atoms with Crippen LogP contribution in [0.4, 0.5) is 11.4 Å². The first kappa shape index (κ1) is 27.9. The number of rotatable bonds is 8. The Labute approximate surface area is 249 Å². The molecule has 1 atom stereocenters. The number of para-hydroxylation sites is 1. The number of H-pyrrole nitrogens is 1. The molecule has 212 valence electrons. The van der Waals surface area contributed by atoms with E-state index in [2.05, 4.69) is 96.7 Å². The van der Waals surface area contributed by atoms with Gasteiger partial charge >= 0.3 is 0 Å². The third-order valence-electron chi connectivity index (χ3n) is 8.29. The van der Waals surface area contributed by atoms with Gasteiger partial charge in [-0.1, -0.05) is 99.6 Å². The molecular weight excluding hydrogens is 535 g/mol. The summed E-state index contributed by atoms with van der Waals surface area (Å²) < 4.78 is 7.24. The second kappa shape index (κ2) is 11.5. The number of Topliss-reactive ketones (excluding diaryl/α,β-unsaturated/α-hetero) is 1. The summed E-state index contributed by atoms with van der Waals surface area (Å²) in [5.41, 5.74) is 5.40. The summed E-state index contributed by atoms with van der Waals surface area (Å²) in [6.45, 7) is 7.38. The number of hydrogen-bond acceptors (Lipinski definition) is 4. The van der Waals surface area contributed by atoms with Gasteiger partial charge in [0.1, 0.15) is 0 Å². The lowest BCUT2D eigenvalue weighted by molar-refractivity contribution is 0.0924. The second-order valence-electron chi connectivity index (χ2n) is 12.1. The van der Waals surface area contributed by atoms with E-state index in [1.165, 1.54) is 10.4 Å². The van der Waals surface area contributed by atoms with E-state index >= 15 is 0 Å². The van der Waals surface area contributed by atoms with Gasteiger partial charge in [-0.2, -0.15) is 0 Å². The van der Waals surface area contributed by atoms with Gasteiger partial charge in [-0.25, -0.2) is 0 Å². The second-order valence-corrected chi connectivity index (χ2v) is 16.4. The highest BCUT2D eigenvalue weighted by atomic mass is 28.4. The highest BCUT2D eigenvalue weighted by molar-refractivity contribution is 6.99. The fourth-order valence-electron chi connectivity index (χ4n) is 6.39. The summed E-state index contributed by atoms with van der Waals surface area (Å²) in [6.07, 6.45) is 4.75. The third-order valence-corrected chi connectivity index (χ3v) is 13.3. The van der Waals surface area contributed by atoms with Crippen molar-refractivity contribution in [1.82, 2.24) is 9.97 Å². The molecule has 0 aliphatic heterocycles. The molecule has 6 heteroatoms. The molecular formula is C36H37N3O2Si. The van der Waals surface area contributed by atoms with Crippen molar-refractivity contribution < 1.29 is 9.22 Å². The molecule has 0 bridgehead atoms. The molecule has 0 spiro atoms. The molecule has 2 N–H and O–H groups in total. The largest absolute Gasteiger partial charge is 0.407 e. The minimum Gasteiger partial charge on any atom is -0.407 e. The number of aromatic amines is 1. The number of carbonyl (C=O) groups is 1. The number of pyridine rings is 1. The van der Waals surface area contributed by atoms with Crippen molar-refractivity contribution in [2.45, 2.75) is 38.7 Å². The van der Waals surface area contributed by atoms with Gasteiger partial charge < -0.3 is 14.7 Å². The van der Waals surface area contributed by atoms with Crippen LogP contribution in [0.1, 0.15) is 43.2 Å². The molecule has 6 rings (SSSR count). The summed E-state index contributed by atoms with van der Waals surface area (Å²) in [4.78, 5) is 21.7. The first-order chi connectivity index (χ1) is 20.4. The van der Waals surface area contributed by atoms with Crippen LogP contribution in [0.2, 0.25) is 5.04 Å². The smallest absolute Gasteiger partial charge is 0.261 e. The highest BCUT2D eigenvalue weighted by Gasteiger charge is 2.50. The van der Waals surface area contributed by atoms with Crippen LogP contribution in [-0.2, 0) is 10.8 Å². The summed E-state index contributed by atoms with van der Waals surface area (Å²) in [6, 6.07) is 35.3. The Kier molecular flexibility index (Phi) is 7.67. The number of aromatic nitrogens is 2. The van der Waals surface area contributed by atoms with Gasteiger partial charge in [0.2, 0.25) is 0 Å². The molecule has 1 unspecified atom stereocenters. The predicted molar refractivity (Wildman–Crippen MR) is 173 cm³/mol. The Balaban J connectivity index is 1.35. The molecule has 3 aromatic carbocycles. The van der Waals surface area contributed by atoms with Crippen molar-refractivity contribution >= 4 is 35.8 Å². The zero-order valence-electron chi connectivity index (χ0n) is 24.4. The Bertz CT molecular complexity index is 1610. The minimum absolute atomic E-state index is 0.0696. The molecule has 0 saturated carbocycles. The maximum Gasteiger partial charge on any atom is 0.261 e. The normalized spacial score (nSPS) is 15.3. The van der Waals surface area contributed by atoms with Gasteiger partial charge in [0.25, 0.3) is 8.32 Å². The number of carbonyl (C=O) groups excluding carboxylic acids is 1. The van der Waals surface area contributed by atoms with E-state index in [0.717, 1.165) is 40.3 Å². The number of anilines is 2. The van der Waals surface area contributed by atoms with E-state index in [-0.39, 0.29) is 16.7 Å². The van der Waals surface area contributed by atoms with E-state index in [1.807, 2.05) is 42.5 Å². The van der Waals surface area contributed by atoms with Gasteiger partial charge in [0.15, 0.2) is 5.78 Å². The maximum absolute atomic E-state index is 13.9. The number of fused-ring (bicyclic) bond motifs is 1. The number of ketones is 1. The first-order valence-electron chi connectivity index (χ1n) is 14.6. The summed E-state index contributed by atoms with van der Waals surface area (Å²) in [5.74, 6) is 0.211. The van der Waals surface area contributed by atoms with Crippen LogP contribution in [0, 0.1) is 5.92 Å². The van der Waals surface area contributed by atoms with Crippen molar-refractivity contribution in [1.29, 1.82) is 0 Å². The molecule has 0 amide bonds. The van der Waals surface area contributed by atoms with Crippen molar-refractivity contribution in [3.63, 3.8) is 0 Å². The average Bonchev–Trinajstić information content (AvgIpc) is 3.37. The zero-order valence-corrected chi connectivity index (χ0v) is 25.4. The standard InChI is InChI=1S/C36H37N3O2Si/c1-36(2,3)42(29-15-9-5-10-16-29,30-17-11-6-12-18-30)41-25-26-23-31-33(32(40)24-26)35(38-28-13-7-4-8-14-28)34(39-31)27-19-21-37-22-20-27/h4-22,26,38-39H,23-25H2,1-3H3. The third kappa shape index (κ3) is 5.24. The van der Waals surface area contributed by atoms with Gasteiger partial charge in [0, 0.05) is 42.4 Å². The van der Waals surface area contributed by atoms with Crippen LogP contribution >= 0.6 is 0 Å².